The third-order valence-corrected chi connectivity index (χ3v) is 13.7. The molecule has 12 heteroatoms. The van der Waals surface area contributed by atoms with Gasteiger partial charge in [0, 0.05) is 52.9 Å². The Hall–Kier alpha value is -3.36. The predicted molar refractivity (Wildman–Crippen MR) is 209 cm³/mol. The molecule has 2 aliphatic carbocycles. The van der Waals surface area contributed by atoms with Gasteiger partial charge in [-0.05, 0) is 101 Å². The lowest BCUT2D eigenvalue weighted by atomic mass is 9.65. The topological polar surface area (TPSA) is 138 Å². The van der Waals surface area contributed by atoms with E-state index >= 15 is 0 Å². The molecule has 0 saturated heterocycles. The highest BCUT2D eigenvalue weighted by molar-refractivity contribution is 7.08. The summed E-state index contributed by atoms with van der Waals surface area (Å²) >= 11 is 4.75. The summed E-state index contributed by atoms with van der Waals surface area (Å²) in [6.45, 7) is 7.23. The lowest BCUT2D eigenvalue weighted by Gasteiger charge is -2.45. The molecular weight excluding hydrogens is 731 g/mol. The van der Waals surface area contributed by atoms with Gasteiger partial charge in [0.1, 0.15) is 17.9 Å². The van der Waals surface area contributed by atoms with Gasteiger partial charge in [-0.1, -0.05) is 32.1 Å². The first-order valence-electron chi connectivity index (χ1n) is 18.1. The second-order valence-electron chi connectivity index (χ2n) is 15.0. The number of aliphatic hydroxyl groups is 3. The van der Waals surface area contributed by atoms with Crippen LogP contribution in [0.15, 0.2) is 74.3 Å². The van der Waals surface area contributed by atoms with E-state index in [2.05, 4.69) is 21.8 Å². The second-order valence-corrected chi connectivity index (χ2v) is 17.3. The zero-order valence-electron chi connectivity index (χ0n) is 30.4. The van der Waals surface area contributed by atoms with Crippen molar-refractivity contribution in [1.82, 2.24) is 4.98 Å². The van der Waals surface area contributed by atoms with Crippen molar-refractivity contribution in [2.45, 2.75) is 83.1 Å². The van der Waals surface area contributed by atoms with E-state index in [-0.39, 0.29) is 30.1 Å². The average Bonchev–Trinajstić information content (AvgIpc) is 3.98. The number of carbonyl (C=O) groups excluding carboxylic acids is 2. The number of nitrogens with one attached hydrogen (secondary N) is 1. The number of cyclic esters (lactones) is 1. The number of esters is 2. The monoisotopic (exact) mass is 777 g/mol. The summed E-state index contributed by atoms with van der Waals surface area (Å²) in [6, 6.07) is 6.11. The minimum atomic E-state index is -1.37. The van der Waals surface area contributed by atoms with Crippen LogP contribution in [-0.2, 0) is 19.0 Å². The number of rotatable bonds is 8. The van der Waals surface area contributed by atoms with Crippen molar-refractivity contribution in [3.8, 4) is 33.5 Å². The molecule has 4 N–H and O–H groups in total. The first-order chi connectivity index (χ1) is 25.4. The van der Waals surface area contributed by atoms with Crippen LogP contribution in [0.1, 0.15) is 57.4 Å². The Morgan fingerprint density at radius 2 is 1.64 bits per heavy atom. The molecule has 0 radical (unpaired) electrons. The fourth-order valence-electron chi connectivity index (χ4n) is 8.74. The number of carbonyl (C=O) groups is 2. The molecule has 0 amide bonds. The number of aromatic nitrogens is 1. The van der Waals surface area contributed by atoms with Crippen molar-refractivity contribution in [1.29, 1.82) is 0 Å². The maximum Gasteiger partial charge on any atom is 0.355 e. The number of aliphatic hydroxyl groups excluding tert-OH is 2. The first kappa shape index (κ1) is 37.9. The van der Waals surface area contributed by atoms with E-state index in [0.717, 1.165) is 33.5 Å². The number of H-pyrrole nitrogens is 1. The van der Waals surface area contributed by atoms with E-state index in [0.29, 0.717) is 24.1 Å². The van der Waals surface area contributed by atoms with Crippen molar-refractivity contribution >= 4 is 45.9 Å². The molecule has 4 aromatic heterocycles. The lowest BCUT2D eigenvalue weighted by molar-refractivity contribution is -0.171. The van der Waals surface area contributed by atoms with Crippen LogP contribution in [-0.4, -0.2) is 75.5 Å². The highest BCUT2D eigenvalue weighted by Crippen LogP contribution is 2.50. The van der Waals surface area contributed by atoms with Crippen LogP contribution in [0.3, 0.4) is 0 Å². The Labute approximate surface area is 322 Å². The van der Waals surface area contributed by atoms with Gasteiger partial charge in [-0.3, -0.25) is 0 Å². The fourth-order valence-corrected chi connectivity index (χ4v) is 10.7. The van der Waals surface area contributed by atoms with Gasteiger partial charge < -0.3 is 34.5 Å². The highest BCUT2D eigenvalue weighted by atomic mass is 32.1. The third-order valence-electron chi connectivity index (χ3n) is 11.7. The van der Waals surface area contributed by atoms with Gasteiger partial charge in [0.2, 0.25) is 0 Å². The first-order valence-corrected chi connectivity index (χ1v) is 21.0. The van der Waals surface area contributed by atoms with Crippen molar-refractivity contribution in [2.75, 3.05) is 7.11 Å². The van der Waals surface area contributed by atoms with E-state index in [1.165, 1.54) is 7.11 Å². The van der Waals surface area contributed by atoms with Crippen molar-refractivity contribution < 1.29 is 39.1 Å². The summed E-state index contributed by atoms with van der Waals surface area (Å²) < 4.78 is 17.8. The van der Waals surface area contributed by atoms with Crippen molar-refractivity contribution in [2.24, 2.45) is 29.6 Å². The molecule has 9 nitrogen and oxygen atoms in total. The Morgan fingerprint density at radius 1 is 1.00 bits per heavy atom. The number of hydrogen-bond donors (Lipinski definition) is 4. The predicted octanol–water partition coefficient (Wildman–Crippen LogP) is 7.96. The minimum absolute atomic E-state index is 0.181. The molecule has 7 rings (SSSR count). The van der Waals surface area contributed by atoms with E-state index in [1.807, 2.05) is 72.7 Å². The van der Waals surface area contributed by atoms with Gasteiger partial charge in [0.15, 0.2) is 6.10 Å². The Kier molecular flexibility index (Phi) is 11.0. The normalized spacial score (nSPS) is 33.5. The number of aromatic amines is 1. The Bertz CT molecular complexity index is 1950. The molecule has 5 heterocycles. The second kappa shape index (κ2) is 15.4. The third kappa shape index (κ3) is 7.15. The van der Waals surface area contributed by atoms with Crippen LogP contribution >= 0.6 is 34.0 Å². The number of allylic oxidation sites excluding steroid dienone is 1. The Morgan fingerprint density at radius 3 is 2.25 bits per heavy atom. The van der Waals surface area contributed by atoms with E-state index in [1.54, 1.807) is 40.9 Å². The average molecular weight is 778 g/mol. The van der Waals surface area contributed by atoms with Crippen LogP contribution in [0.25, 0.3) is 33.5 Å². The quantitative estimate of drug-likeness (QED) is 0.105. The van der Waals surface area contributed by atoms with E-state index in [4.69, 9.17) is 14.2 Å². The number of hydrogen-bond acceptors (Lipinski definition) is 11. The maximum atomic E-state index is 14.5. The number of methoxy groups -OCH3 is 1. The van der Waals surface area contributed by atoms with Gasteiger partial charge in [0.05, 0.1) is 23.5 Å². The zero-order chi connectivity index (χ0) is 37.6. The van der Waals surface area contributed by atoms with Crippen LogP contribution in [0.2, 0.25) is 0 Å². The summed E-state index contributed by atoms with van der Waals surface area (Å²) in [5, 5.41) is 46.6. The Balaban J connectivity index is 1.24. The standard InChI is InChI=1S/C41H47NO8S3/c1-21-14-22(2)41(47)17-25(6-7-29(41)15-32(48-5)39(45)49-37(21)24(4)43)30-16-31(44)23(3)38(30)50-40(46)36-34(27-9-12-52-19-27)33(26-8-11-51-18-26)35(42-36)28-10-13-53-20-28/h6-14,18-21,23-25,29-32,37-38,42-44,47H,15-17H2,1-5H3/b22-14+/t21-,23-,24?,25-,29?,30-,31+,32+,37+,38-,41+/m1/s1. The van der Waals surface area contributed by atoms with Gasteiger partial charge >= 0.3 is 11.9 Å². The summed E-state index contributed by atoms with van der Waals surface area (Å²) in [6.07, 6.45) is 2.72. The fraction of sp³-hybridized carbons (Fsp3) is 0.463. The molecule has 0 bridgehead atoms. The molecule has 0 spiro atoms. The molecule has 53 heavy (non-hydrogen) atoms. The van der Waals surface area contributed by atoms with Gasteiger partial charge in [-0.2, -0.15) is 34.0 Å². The number of thiophene rings is 3. The molecule has 0 aromatic carbocycles. The highest BCUT2D eigenvalue weighted by Gasteiger charge is 2.51. The molecule has 282 valence electrons. The maximum absolute atomic E-state index is 14.5. The summed E-state index contributed by atoms with van der Waals surface area (Å²) in [4.78, 5) is 31.2. The molecule has 11 atom stereocenters. The smallest absolute Gasteiger partial charge is 0.355 e. The van der Waals surface area contributed by atoms with Crippen LogP contribution in [0.5, 0.6) is 0 Å². The summed E-state index contributed by atoms with van der Waals surface area (Å²) in [5.41, 5.74) is 5.19. The van der Waals surface area contributed by atoms with E-state index in [9.17, 15) is 24.9 Å². The summed E-state index contributed by atoms with van der Waals surface area (Å²) in [5.74, 6) is -2.81. The molecule has 2 unspecified atom stereocenters. The van der Waals surface area contributed by atoms with Crippen LogP contribution in [0, 0.1) is 29.6 Å². The molecule has 4 aromatic rings. The SMILES string of the molecule is CO[C@H]1CC2C=C[C@@H]([C@H]3C[C@H](O)[C@@H](C)[C@H]3OC(=O)c3[nH]c(-c4ccsc4)c(-c4ccsc4)c3-c3ccsc3)C[C@]2(O)/C(C)=C/[C@@H](C)[C@@H](C(C)O)OC1=O. The zero-order valence-corrected chi connectivity index (χ0v) is 32.9. The molecular formula is C41H47NO8S3. The largest absolute Gasteiger partial charge is 0.457 e. The molecule has 3 aliphatic rings. The lowest BCUT2D eigenvalue weighted by Crippen LogP contribution is -2.49. The molecule has 1 aliphatic heterocycles. The number of fused-ring (bicyclic) bond motifs is 1. The van der Waals surface area contributed by atoms with E-state index < -0.39 is 54.0 Å². The van der Waals surface area contributed by atoms with Crippen molar-refractivity contribution in [3.63, 3.8) is 0 Å². The van der Waals surface area contributed by atoms with Gasteiger partial charge in [-0.25, -0.2) is 9.59 Å². The molecule has 1 saturated carbocycles. The molecule has 1 fully saturated rings. The van der Waals surface area contributed by atoms with Gasteiger partial charge in [0.25, 0.3) is 0 Å². The number of ether oxygens (including phenoxy) is 3. The summed E-state index contributed by atoms with van der Waals surface area (Å²) in [7, 11) is 1.44. The van der Waals surface area contributed by atoms with Crippen LogP contribution < -0.4 is 0 Å². The van der Waals surface area contributed by atoms with Crippen molar-refractivity contribution in [3.05, 3.63) is 80.0 Å². The minimum Gasteiger partial charge on any atom is -0.457 e. The van der Waals surface area contributed by atoms with Gasteiger partial charge in [-0.15, -0.1) is 0 Å². The van der Waals surface area contributed by atoms with Crippen LogP contribution in [0.4, 0.5) is 0 Å².